The number of hydrogen-bond donors (Lipinski definition) is 2. The molecule has 0 heterocycles. The summed E-state index contributed by atoms with van der Waals surface area (Å²) < 4.78 is 0. The third kappa shape index (κ3) is 5.71. The van der Waals surface area contributed by atoms with E-state index >= 15 is 0 Å². The number of aliphatic imine (C=N–C) groups is 1. The van der Waals surface area contributed by atoms with Crippen molar-refractivity contribution in [1.29, 1.82) is 0 Å². The molecule has 2 N–H and O–H groups in total. The van der Waals surface area contributed by atoms with Crippen molar-refractivity contribution in [2.24, 2.45) is 4.99 Å². The van der Waals surface area contributed by atoms with Crippen LogP contribution in [0, 0.1) is 0 Å². The second kappa shape index (κ2) is 8.54. The van der Waals surface area contributed by atoms with E-state index in [2.05, 4.69) is 79.9 Å². The van der Waals surface area contributed by atoms with Gasteiger partial charge in [-0.25, -0.2) is 0 Å². The minimum Gasteiger partial charge on any atom is -0.372 e. The van der Waals surface area contributed by atoms with Crippen LogP contribution in [-0.2, 0) is 0 Å². The Balaban J connectivity index is 2.02. The number of nitrogens with zero attached hydrogens (tertiary/aromatic N) is 1. The number of para-hydroxylation sites is 2. The van der Waals surface area contributed by atoms with Gasteiger partial charge in [0.15, 0.2) is 0 Å². The van der Waals surface area contributed by atoms with Crippen molar-refractivity contribution in [2.45, 2.75) is 32.4 Å². The van der Waals surface area contributed by atoms with Gasteiger partial charge in [0, 0.05) is 11.4 Å². The summed E-state index contributed by atoms with van der Waals surface area (Å²) in [5.41, 5.74) is 3.04. The molecule has 27 heavy (non-hydrogen) atoms. The van der Waals surface area contributed by atoms with Crippen LogP contribution < -0.4 is 10.6 Å². The molecule has 138 valence electrons. The Kier molecular flexibility index (Phi) is 5.92. The number of hydrogen-bond acceptors (Lipinski definition) is 2. The summed E-state index contributed by atoms with van der Waals surface area (Å²) in [6.07, 6.45) is 0. The van der Waals surface area contributed by atoms with Crippen LogP contribution >= 0.6 is 0 Å². The fourth-order valence-corrected chi connectivity index (χ4v) is 2.85. The van der Waals surface area contributed by atoms with E-state index < -0.39 is 0 Å². The number of anilines is 2. The van der Waals surface area contributed by atoms with Gasteiger partial charge in [-0.3, -0.25) is 4.99 Å². The molecule has 0 spiro atoms. The van der Waals surface area contributed by atoms with Crippen molar-refractivity contribution in [1.82, 2.24) is 0 Å². The van der Waals surface area contributed by atoms with Gasteiger partial charge in [0.1, 0.15) is 11.9 Å². The van der Waals surface area contributed by atoms with Crippen LogP contribution in [0.15, 0.2) is 96.0 Å². The van der Waals surface area contributed by atoms with E-state index in [9.17, 15) is 0 Å². The number of nitrogens with one attached hydrogen (secondary N) is 2. The fourth-order valence-electron chi connectivity index (χ4n) is 2.85. The summed E-state index contributed by atoms with van der Waals surface area (Å²) in [6.45, 7) is 6.35. The monoisotopic (exact) mass is 357 g/mol. The zero-order chi connectivity index (χ0) is 19.1. The van der Waals surface area contributed by atoms with Gasteiger partial charge in [0.25, 0.3) is 0 Å². The molecule has 1 atom stereocenters. The first-order valence-corrected chi connectivity index (χ1v) is 9.30. The molecule has 0 bridgehead atoms. The highest BCUT2D eigenvalue weighted by Gasteiger charge is 2.21. The van der Waals surface area contributed by atoms with Gasteiger partial charge in [-0.2, -0.15) is 0 Å². The molecule has 0 aliphatic carbocycles. The molecule has 0 radical (unpaired) electrons. The smallest absolute Gasteiger partial charge is 0.129 e. The molecular formula is C24H27N3. The van der Waals surface area contributed by atoms with Crippen LogP contribution in [0.5, 0.6) is 0 Å². The van der Waals surface area contributed by atoms with Gasteiger partial charge in [-0.05, 0) is 50.6 Å². The maximum absolute atomic E-state index is 5.02. The zero-order valence-electron chi connectivity index (χ0n) is 16.2. The van der Waals surface area contributed by atoms with E-state index in [1.54, 1.807) is 0 Å². The topological polar surface area (TPSA) is 36.4 Å². The minimum atomic E-state index is -0.206. The van der Waals surface area contributed by atoms with Crippen molar-refractivity contribution >= 4 is 17.2 Å². The Hall–Kier alpha value is -3.07. The first-order valence-electron chi connectivity index (χ1n) is 9.30. The number of amidine groups is 1. The molecule has 0 unspecified atom stereocenters. The first kappa shape index (κ1) is 18.7. The molecule has 0 saturated heterocycles. The van der Waals surface area contributed by atoms with Crippen molar-refractivity contribution in [3.05, 3.63) is 96.6 Å². The van der Waals surface area contributed by atoms with Crippen LogP contribution in [0.4, 0.5) is 11.4 Å². The van der Waals surface area contributed by atoms with Crippen molar-refractivity contribution < 1.29 is 0 Å². The van der Waals surface area contributed by atoms with Gasteiger partial charge in [-0.15, -0.1) is 0 Å². The van der Waals surface area contributed by atoms with Crippen molar-refractivity contribution in [3.8, 4) is 0 Å². The predicted octanol–water partition coefficient (Wildman–Crippen LogP) is 6.15. The summed E-state index contributed by atoms with van der Waals surface area (Å²) in [5.74, 6) is 0.892. The largest absolute Gasteiger partial charge is 0.372 e. The normalized spacial score (nSPS) is 13.1. The van der Waals surface area contributed by atoms with Crippen molar-refractivity contribution in [3.63, 3.8) is 0 Å². The Morgan fingerprint density at radius 2 is 1.19 bits per heavy atom. The summed E-state index contributed by atoms with van der Waals surface area (Å²) in [4.78, 5) is 5.02. The lowest BCUT2D eigenvalue weighted by molar-refractivity contribution is 0.580. The first-order chi connectivity index (χ1) is 13.0. The molecule has 3 heteroatoms. The van der Waals surface area contributed by atoms with Crippen LogP contribution in [0.25, 0.3) is 0 Å². The fraction of sp³-hybridized carbons (Fsp3) is 0.208. The number of benzene rings is 3. The molecule has 3 aromatic rings. The van der Waals surface area contributed by atoms with E-state index in [-0.39, 0.29) is 11.6 Å². The second-order valence-electron chi connectivity index (χ2n) is 7.51. The van der Waals surface area contributed by atoms with E-state index in [1.807, 2.05) is 42.5 Å². The standard InChI is InChI=1S/C24H27N3/c1-24(2,3)27-23(26-21-17-11-6-12-18-21)22(19-13-7-4-8-14-19)25-20-15-9-5-10-16-20/h4-18,22,25H,1-3H3,(H,26,27)/t22-/m0/s1. The van der Waals surface area contributed by atoms with Crippen LogP contribution in [0.3, 0.4) is 0 Å². The third-order valence-corrected chi connectivity index (χ3v) is 3.99. The van der Waals surface area contributed by atoms with Crippen molar-refractivity contribution in [2.75, 3.05) is 10.6 Å². The highest BCUT2D eigenvalue weighted by molar-refractivity contribution is 6.01. The summed E-state index contributed by atoms with van der Waals surface area (Å²) >= 11 is 0. The van der Waals surface area contributed by atoms with Crippen LogP contribution in [0.2, 0.25) is 0 Å². The molecule has 0 fully saturated rings. The number of rotatable bonds is 5. The van der Waals surface area contributed by atoms with Gasteiger partial charge in [0.05, 0.1) is 5.54 Å². The minimum absolute atomic E-state index is 0.0898. The Labute approximate surface area is 162 Å². The van der Waals surface area contributed by atoms with Gasteiger partial charge in [0.2, 0.25) is 0 Å². The molecule has 0 amide bonds. The second-order valence-corrected chi connectivity index (χ2v) is 7.51. The van der Waals surface area contributed by atoms with Crippen LogP contribution in [-0.4, -0.2) is 11.4 Å². The Morgan fingerprint density at radius 3 is 1.70 bits per heavy atom. The lowest BCUT2D eigenvalue weighted by Crippen LogP contribution is -2.30. The molecular weight excluding hydrogens is 330 g/mol. The average Bonchev–Trinajstić information content (AvgIpc) is 2.67. The summed E-state index contributed by atoms with van der Waals surface area (Å²) in [5, 5.41) is 7.19. The zero-order valence-corrected chi connectivity index (χ0v) is 16.2. The van der Waals surface area contributed by atoms with E-state index in [4.69, 9.17) is 4.99 Å². The van der Waals surface area contributed by atoms with Gasteiger partial charge < -0.3 is 10.6 Å². The lowest BCUT2D eigenvalue weighted by atomic mass is 10.0. The maximum Gasteiger partial charge on any atom is 0.129 e. The SMILES string of the molecule is CC(C)(C)N=C(Nc1ccccc1)[C@@H](Nc1ccccc1)c1ccccc1. The Bertz CT molecular complexity index is 850. The lowest BCUT2D eigenvalue weighted by Gasteiger charge is -2.26. The summed E-state index contributed by atoms with van der Waals surface area (Å²) in [6, 6.07) is 30.8. The quantitative estimate of drug-likeness (QED) is 0.424. The summed E-state index contributed by atoms with van der Waals surface area (Å²) in [7, 11) is 0. The molecule has 0 aromatic heterocycles. The Morgan fingerprint density at radius 1 is 0.704 bits per heavy atom. The molecule has 3 rings (SSSR count). The molecule has 0 saturated carbocycles. The molecule has 0 aliphatic heterocycles. The maximum atomic E-state index is 5.02. The predicted molar refractivity (Wildman–Crippen MR) is 117 cm³/mol. The molecule has 0 aliphatic rings. The average molecular weight is 358 g/mol. The highest BCUT2D eigenvalue weighted by atomic mass is 15.1. The molecule has 3 aromatic carbocycles. The third-order valence-electron chi connectivity index (χ3n) is 3.99. The van der Waals surface area contributed by atoms with E-state index in [0.29, 0.717) is 0 Å². The highest BCUT2D eigenvalue weighted by Crippen LogP contribution is 2.24. The van der Waals surface area contributed by atoms with E-state index in [0.717, 1.165) is 22.8 Å². The van der Waals surface area contributed by atoms with Crippen LogP contribution in [0.1, 0.15) is 32.4 Å². The van der Waals surface area contributed by atoms with Gasteiger partial charge >= 0.3 is 0 Å². The van der Waals surface area contributed by atoms with Gasteiger partial charge in [-0.1, -0.05) is 66.7 Å². The van der Waals surface area contributed by atoms with E-state index in [1.165, 1.54) is 0 Å². The molecule has 3 nitrogen and oxygen atoms in total.